The van der Waals surface area contributed by atoms with E-state index in [1.165, 1.54) is 25.1 Å². The monoisotopic (exact) mass is 313 g/mol. The van der Waals surface area contributed by atoms with Crippen molar-refractivity contribution in [2.75, 3.05) is 12.3 Å². The topological polar surface area (TPSA) is 111 Å². The minimum atomic E-state index is -1.15. The minimum Gasteiger partial charge on any atom is -0.449 e. The van der Waals surface area contributed by atoms with E-state index in [2.05, 4.69) is 5.32 Å². The quantitative estimate of drug-likeness (QED) is 0.573. The summed E-state index contributed by atoms with van der Waals surface area (Å²) in [5.41, 5.74) is 5.85. The highest BCUT2D eigenvalue weighted by molar-refractivity contribution is 6.36. The number of nitrogens with one attached hydrogen (secondary N) is 2. The van der Waals surface area contributed by atoms with Gasteiger partial charge in [-0.25, -0.2) is 9.59 Å². The van der Waals surface area contributed by atoms with Crippen molar-refractivity contribution in [3.05, 3.63) is 28.8 Å². The number of nitrogens with two attached hydrogens (primary N) is 1. The summed E-state index contributed by atoms with van der Waals surface area (Å²) in [6.45, 7) is 3.41. The third-order valence-electron chi connectivity index (χ3n) is 2.48. The number of hydrogen-bond acceptors (Lipinski definition) is 5. The van der Waals surface area contributed by atoms with Crippen LogP contribution in [0.15, 0.2) is 18.2 Å². The molecule has 0 saturated heterocycles. The summed E-state index contributed by atoms with van der Waals surface area (Å²) < 4.78 is 4.94. The number of benzene rings is 1. The molecule has 21 heavy (non-hydrogen) atoms. The number of hydrogen-bond donors (Lipinski definition) is 3. The first-order valence-corrected chi connectivity index (χ1v) is 6.58. The Kier molecular flexibility index (Phi) is 5.98. The number of anilines is 1. The predicted molar refractivity (Wildman–Crippen MR) is 78.0 cm³/mol. The molecule has 0 fully saturated rings. The van der Waals surface area contributed by atoms with Crippen molar-refractivity contribution in [3.8, 4) is 0 Å². The Hall–Kier alpha value is -2.28. The molecule has 1 unspecified atom stereocenters. The summed E-state index contributed by atoms with van der Waals surface area (Å²) in [6.07, 6.45) is -1.15. The molecule has 1 aromatic rings. The molecule has 8 heteroatoms. The number of ether oxygens (including phenoxy) is 1. The highest BCUT2D eigenvalue weighted by Crippen LogP contribution is 2.23. The van der Waals surface area contributed by atoms with Crippen LogP contribution in [0.2, 0.25) is 5.02 Å². The van der Waals surface area contributed by atoms with Crippen LogP contribution in [0.5, 0.6) is 0 Å². The van der Waals surface area contributed by atoms with E-state index in [1.54, 1.807) is 6.92 Å². The smallest absolute Gasteiger partial charge is 0.340 e. The Morgan fingerprint density at radius 2 is 2.05 bits per heavy atom. The number of nitrogen functional groups attached to an aromatic ring is 1. The van der Waals surface area contributed by atoms with E-state index in [-0.39, 0.29) is 16.3 Å². The molecule has 4 N–H and O–H groups in total. The highest BCUT2D eigenvalue weighted by Gasteiger charge is 2.22. The molecule has 3 amide bonds. The second kappa shape index (κ2) is 7.49. The Morgan fingerprint density at radius 3 is 2.67 bits per heavy atom. The van der Waals surface area contributed by atoms with Crippen LogP contribution in [-0.2, 0) is 9.53 Å². The average molecular weight is 314 g/mol. The second-order valence-corrected chi connectivity index (χ2v) is 4.48. The number of rotatable bonds is 4. The maximum atomic E-state index is 11.9. The maximum Gasteiger partial charge on any atom is 0.340 e. The SMILES string of the molecule is CCNC(=O)NC(=O)C(C)OC(=O)c1cccc(N)c1Cl. The molecule has 0 radical (unpaired) electrons. The van der Waals surface area contributed by atoms with Gasteiger partial charge in [0.25, 0.3) is 5.91 Å². The van der Waals surface area contributed by atoms with Gasteiger partial charge in [-0.15, -0.1) is 0 Å². The van der Waals surface area contributed by atoms with Crippen LogP contribution in [0.25, 0.3) is 0 Å². The van der Waals surface area contributed by atoms with Crippen LogP contribution < -0.4 is 16.4 Å². The molecule has 7 nitrogen and oxygen atoms in total. The Balaban J connectivity index is 2.68. The van der Waals surface area contributed by atoms with Gasteiger partial charge in [0.2, 0.25) is 0 Å². The average Bonchev–Trinajstić information content (AvgIpc) is 2.41. The first-order chi connectivity index (χ1) is 9.86. The molecule has 0 saturated carbocycles. The zero-order valence-corrected chi connectivity index (χ0v) is 12.4. The van der Waals surface area contributed by atoms with Crippen molar-refractivity contribution in [1.82, 2.24) is 10.6 Å². The molecule has 1 rings (SSSR count). The Labute approximate surface area is 126 Å². The van der Waals surface area contributed by atoms with Gasteiger partial charge in [-0.1, -0.05) is 17.7 Å². The summed E-state index contributed by atoms with van der Waals surface area (Å²) in [5, 5.41) is 4.48. The molecule has 0 aromatic heterocycles. The van der Waals surface area contributed by atoms with Gasteiger partial charge >= 0.3 is 12.0 Å². The van der Waals surface area contributed by atoms with Gasteiger partial charge in [0.1, 0.15) is 0 Å². The molecule has 0 aliphatic carbocycles. The summed E-state index contributed by atoms with van der Waals surface area (Å²) in [4.78, 5) is 34.7. The number of esters is 1. The van der Waals surface area contributed by atoms with Crippen molar-refractivity contribution in [1.29, 1.82) is 0 Å². The molecule has 114 valence electrons. The molecule has 0 heterocycles. The van der Waals surface area contributed by atoms with Gasteiger partial charge in [0.05, 0.1) is 16.3 Å². The number of urea groups is 1. The fraction of sp³-hybridized carbons (Fsp3) is 0.308. The zero-order valence-electron chi connectivity index (χ0n) is 11.6. The van der Waals surface area contributed by atoms with Gasteiger partial charge in [0.15, 0.2) is 6.10 Å². The van der Waals surface area contributed by atoms with Gasteiger partial charge in [-0.05, 0) is 26.0 Å². The van der Waals surface area contributed by atoms with E-state index in [0.717, 1.165) is 0 Å². The van der Waals surface area contributed by atoms with E-state index < -0.39 is 24.0 Å². The van der Waals surface area contributed by atoms with Crippen molar-refractivity contribution in [2.45, 2.75) is 20.0 Å². The van der Waals surface area contributed by atoms with Crippen molar-refractivity contribution in [3.63, 3.8) is 0 Å². The van der Waals surface area contributed by atoms with E-state index >= 15 is 0 Å². The van der Waals surface area contributed by atoms with Gasteiger partial charge in [0, 0.05) is 6.54 Å². The van der Waals surface area contributed by atoms with Crippen LogP contribution in [0, 0.1) is 0 Å². The summed E-state index contributed by atoms with van der Waals surface area (Å²) in [6, 6.07) is 3.84. The highest BCUT2D eigenvalue weighted by atomic mass is 35.5. The molecule has 1 aromatic carbocycles. The first kappa shape index (κ1) is 16.8. The van der Waals surface area contributed by atoms with E-state index in [4.69, 9.17) is 22.1 Å². The standard InChI is InChI=1S/C13H16ClN3O4/c1-3-16-13(20)17-11(18)7(2)21-12(19)8-5-4-6-9(15)10(8)14/h4-7H,3,15H2,1-2H3,(H2,16,17,18,20). The van der Waals surface area contributed by atoms with Gasteiger partial charge < -0.3 is 15.8 Å². The molecule has 0 aliphatic heterocycles. The minimum absolute atomic E-state index is 0.0503. The Morgan fingerprint density at radius 1 is 1.38 bits per heavy atom. The largest absolute Gasteiger partial charge is 0.449 e. The van der Waals surface area contributed by atoms with Crippen molar-refractivity contribution in [2.24, 2.45) is 0 Å². The van der Waals surface area contributed by atoms with E-state index in [9.17, 15) is 14.4 Å². The molecule has 0 bridgehead atoms. The van der Waals surface area contributed by atoms with Gasteiger partial charge in [-0.2, -0.15) is 0 Å². The van der Waals surface area contributed by atoms with Gasteiger partial charge in [-0.3, -0.25) is 10.1 Å². The lowest BCUT2D eigenvalue weighted by Gasteiger charge is -2.14. The molecule has 0 spiro atoms. The molecular weight excluding hydrogens is 298 g/mol. The van der Waals surface area contributed by atoms with Crippen molar-refractivity contribution >= 4 is 35.2 Å². The van der Waals surface area contributed by atoms with Crippen LogP contribution in [0.4, 0.5) is 10.5 Å². The van der Waals surface area contributed by atoms with E-state index in [0.29, 0.717) is 6.54 Å². The van der Waals surface area contributed by atoms with Crippen molar-refractivity contribution < 1.29 is 19.1 Å². The maximum absolute atomic E-state index is 11.9. The predicted octanol–water partition coefficient (Wildman–Crippen LogP) is 1.31. The lowest BCUT2D eigenvalue weighted by molar-refractivity contribution is -0.127. The number of carbonyl (C=O) groups is 3. The van der Waals surface area contributed by atoms with Crippen LogP contribution in [0.1, 0.15) is 24.2 Å². The second-order valence-electron chi connectivity index (χ2n) is 4.11. The van der Waals surface area contributed by atoms with E-state index in [1.807, 2.05) is 5.32 Å². The number of halogens is 1. The molecule has 1 atom stereocenters. The fourth-order valence-corrected chi connectivity index (χ4v) is 1.61. The van der Waals surface area contributed by atoms with Crippen LogP contribution in [-0.4, -0.2) is 30.6 Å². The lowest BCUT2D eigenvalue weighted by Crippen LogP contribution is -2.44. The normalized spacial score (nSPS) is 11.4. The summed E-state index contributed by atoms with van der Waals surface area (Å²) in [5.74, 6) is -1.54. The summed E-state index contributed by atoms with van der Waals surface area (Å²) in [7, 11) is 0. The summed E-state index contributed by atoms with van der Waals surface area (Å²) >= 11 is 5.89. The Bertz CT molecular complexity index is 562. The number of imide groups is 1. The molecular formula is C13H16ClN3O4. The number of amides is 3. The first-order valence-electron chi connectivity index (χ1n) is 6.20. The van der Waals surface area contributed by atoms with Crippen LogP contribution >= 0.6 is 11.6 Å². The number of carbonyl (C=O) groups excluding carboxylic acids is 3. The third kappa shape index (κ3) is 4.64. The lowest BCUT2D eigenvalue weighted by atomic mass is 10.2. The molecule has 0 aliphatic rings. The third-order valence-corrected chi connectivity index (χ3v) is 2.90. The fourth-order valence-electron chi connectivity index (χ4n) is 1.40. The van der Waals surface area contributed by atoms with Crippen LogP contribution in [0.3, 0.4) is 0 Å². The zero-order chi connectivity index (χ0) is 16.0.